The largest absolute Gasteiger partial charge is 0.454 e. The minimum atomic E-state index is -0.285. The van der Waals surface area contributed by atoms with Crippen LogP contribution < -0.4 is 14.8 Å². The number of anilines is 1. The van der Waals surface area contributed by atoms with Gasteiger partial charge in [-0.3, -0.25) is 14.7 Å². The summed E-state index contributed by atoms with van der Waals surface area (Å²) >= 11 is 1.19. The van der Waals surface area contributed by atoms with Crippen LogP contribution in [0.2, 0.25) is 0 Å². The Hall–Kier alpha value is -3.59. The number of aromatic nitrogens is 3. The average Bonchev–Trinajstić information content (AvgIpc) is 3.39. The van der Waals surface area contributed by atoms with Crippen molar-refractivity contribution in [3.8, 4) is 11.5 Å². The highest BCUT2D eigenvalue weighted by Crippen LogP contribution is 2.37. The van der Waals surface area contributed by atoms with Gasteiger partial charge in [-0.1, -0.05) is 48.2 Å². The van der Waals surface area contributed by atoms with Crippen LogP contribution in [0.5, 0.6) is 11.5 Å². The maximum Gasteiger partial charge on any atom is 0.234 e. The van der Waals surface area contributed by atoms with Crippen LogP contribution in [-0.2, 0) is 4.79 Å². The number of rotatable bonds is 7. The molecule has 0 fully saturated rings. The van der Waals surface area contributed by atoms with Crippen molar-refractivity contribution in [2.24, 2.45) is 0 Å². The number of carbonyl (C=O) groups excluding carboxylic acids is 2. The molecule has 0 bridgehead atoms. The van der Waals surface area contributed by atoms with Crippen LogP contribution in [0.15, 0.2) is 47.6 Å². The van der Waals surface area contributed by atoms with Gasteiger partial charge in [-0.25, -0.2) is 4.98 Å². The van der Waals surface area contributed by atoms with Crippen LogP contribution in [-0.4, -0.2) is 39.4 Å². The van der Waals surface area contributed by atoms with E-state index in [1.165, 1.54) is 18.7 Å². The van der Waals surface area contributed by atoms with E-state index < -0.39 is 0 Å². The first-order chi connectivity index (χ1) is 14.6. The van der Waals surface area contributed by atoms with Gasteiger partial charge in [0.2, 0.25) is 17.9 Å². The Labute approximate surface area is 176 Å². The number of thioether (sulfide) groups is 1. The molecule has 2 heterocycles. The zero-order valence-corrected chi connectivity index (χ0v) is 16.9. The Morgan fingerprint density at radius 2 is 1.93 bits per heavy atom. The lowest BCUT2D eigenvalue weighted by Gasteiger charge is -2.10. The summed E-state index contributed by atoms with van der Waals surface area (Å²) in [4.78, 5) is 28.6. The summed E-state index contributed by atoms with van der Waals surface area (Å²) in [5.74, 6) is 1.20. The van der Waals surface area contributed by atoms with Crippen molar-refractivity contribution >= 4 is 41.3 Å². The van der Waals surface area contributed by atoms with Crippen LogP contribution in [0.25, 0.3) is 12.2 Å². The molecule has 4 rings (SSSR count). The van der Waals surface area contributed by atoms with Gasteiger partial charge < -0.3 is 14.8 Å². The standard InChI is InChI=1S/C21H18N4O4S/c1-13(26)15-9-17-18(29-12-28-17)10-16(15)22-20(27)11-30-21-23-19(24-25-21)8-7-14-5-3-2-4-6-14/h2-10H,11-12H2,1H3,(H,22,27)(H,23,24,25)/b8-7+. The number of Topliss-reactive ketones (excluding diaryl/α,β-unsaturated/α-hetero) is 1. The van der Waals surface area contributed by atoms with Crippen molar-refractivity contribution in [3.63, 3.8) is 0 Å². The van der Waals surface area contributed by atoms with Crippen LogP contribution in [0.4, 0.5) is 5.69 Å². The Morgan fingerprint density at radius 3 is 2.70 bits per heavy atom. The third-order valence-corrected chi connectivity index (χ3v) is 5.06. The second-order valence-corrected chi connectivity index (χ2v) is 7.33. The van der Waals surface area contributed by atoms with E-state index in [9.17, 15) is 9.59 Å². The van der Waals surface area contributed by atoms with Crippen molar-refractivity contribution in [2.45, 2.75) is 12.1 Å². The van der Waals surface area contributed by atoms with Gasteiger partial charge in [0.1, 0.15) is 5.82 Å². The first kappa shape index (κ1) is 19.7. The van der Waals surface area contributed by atoms with Gasteiger partial charge in [0, 0.05) is 11.6 Å². The lowest BCUT2D eigenvalue weighted by molar-refractivity contribution is -0.113. The predicted molar refractivity (Wildman–Crippen MR) is 114 cm³/mol. The summed E-state index contributed by atoms with van der Waals surface area (Å²) in [6.07, 6.45) is 3.74. The minimum absolute atomic E-state index is 0.0888. The lowest BCUT2D eigenvalue weighted by Crippen LogP contribution is -2.16. The Bertz CT molecular complexity index is 1110. The van der Waals surface area contributed by atoms with Gasteiger partial charge in [0.25, 0.3) is 0 Å². The Kier molecular flexibility index (Phi) is 5.80. The molecule has 1 aromatic heterocycles. The highest BCUT2D eigenvalue weighted by atomic mass is 32.2. The van der Waals surface area contributed by atoms with Crippen molar-refractivity contribution in [1.29, 1.82) is 0 Å². The smallest absolute Gasteiger partial charge is 0.234 e. The van der Waals surface area contributed by atoms with Crippen molar-refractivity contribution in [3.05, 3.63) is 59.4 Å². The molecule has 0 saturated heterocycles. The van der Waals surface area contributed by atoms with E-state index in [-0.39, 0.29) is 24.2 Å². The molecule has 152 valence electrons. The number of H-pyrrole nitrogens is 1. The zero-order chi connectivity index (χ0) is 20.9. The molecule has 0 spiro atoms. The number of fused-ring (bicyclic) bond motifs is 1. The summed E-state index contributed by atoms with van der Waals surface area (Å²) in [5, 5.41) is 10.1. The number of benzene rings is 2. The fraction of sp³-hybridized carbons (Fsp3) is 0.143. The molecule has 0 atom stereocenters. The second kappa shape index (κ2) is 8.83. The molecule has 0 unspecified atom stereocenters. The van der Waals surface area contributed by atoms with Gasteiger partial charge in [0.15, 0.2) is 17.3 Å². The molecule has 0 radical (unpaired) electrons. The monoisotopic (exact) mass is 422 g/mol. The number of ketones is 1. The van der Waals surface area contributed by atoms with Crippen LogP contribution in [0.1, 0.15) is 28.7 Å². The third kappa shape index (κ3) is 4.69. The average molecular weight is 422 g/mol. The van der Waals surface area contributed by atoms with Gasteiger partial charge in [-0.2, -0.15) is 0 Å². The molecule has 1 aliphatic heterocycles. The third-order valence-electron chi connectivity index (χ3n) is 4.21. The minimum Gasteiger partial charge on any atom is -0.454 e. The molecule has 1 amide bonds. The number of hydrogen-bond acceptors (Lipinski definition) is 7. The fourth-order valence-corrected chi connectivity index (χ4v) is 3.40. The van der Waals surface area contributed by atoms with E-state index >= 15 is 0 Å². The second-order valence-electron chi connectivity index (χ2n) is 6.39. The molecule has 8 nitrogen and oxygen atoms in total. The first-order valence-electron chi connectivity index (χ1n) is 9.11. The Morgan fingerprint density at radius 1 is 1.17 bits per heavy atom. The van der Waals surface area contributed by atoms with Gasteiger partial charge in [-0.05, 0) is 24.6 Å². The topological polar surface area (TPSA) is 106 Å². The van der Waals surface area contributed by atoms with E-state index in [0.717, 1.165) is 5.56 Å². The van der Waals surface area contributed by atoms with E-state index in [0.29, 0.717) is 33.7 Å². The highest BCUT2D eigenvalue weighted by Gasteiger charge is 2.20. The van der Waals surface area contributed by atoms with E-state index in [1.807, 2.05) is 42.5 Å². The van der Waals surface area contributed by atoms with Crippen LogP contribution >= 0.6 is 11.8 Å². The number of aromatic amines is 1. The Balaban J connectivity index is 1.36. The molecule has 0 saturated carbocycles. The SMILES string of the molecule is CC(=O)c1cc2c(cc1NC(=O)CSc1n[nH]c(/C=C/c3ccccc3)n1)OCO2. The molecule has 0 aliphatic carbocycles. The normalized spacial score (nSPS) is 12.3. The molecule has 3 aromatic rings. The molecule has 1 aliphatic rings. The number of hydrogen-bond donors (Lipinski definition) is 2. The molecule has 2 N–H and O–H groups in total. The van der Waals surface area contributed by atoms with E-state index in [4.69, 9.17) is 9.47 Å². The summed E-state index contributed by atoms with van der Waals surface area (Å²) in [7, 11) is 0. The maximum atomic E-state index is 12.4. The van der Waals surface area contributed by atoms with E-state index in [1.54, 1.807) is 12.1 Å². The number of nitrogens with zero attached hydrogens (tertiary/aromatic N) is 2. The molecular formula is C21H18N4O4S. The van der Waals surface area contributed by atoms with Gasteiger partial charge >= 0.3 is 0 Å². The van der Waals surface area contributed by atoms with Crippen molar-refractivity contribution in [1.82, 2.24) is 15.2 Å². The lowest BCUT2D eigenvalue weighted by atomic mass is 10.1. The van der Waals surface area contributed by atoms with Gasteiger partial charge in [-0.15, -0.1) is 5.10 Å². The summed E-state index contributed by atoms with van der Waals surface area (Å²) in [6, 6.07) is 13.0. The summed E-state index contributed by atoms with van der Waals surface area (Å²) < 4.78 is 10.6. The number of ether oxygens (including phenoxy) is 2. The summed E-state index contributed by atoms with van der Waals surface area (Å²) in [5.41, 5.74) is 1.80. The predicted octanol–water partition coefficient (Wildman–Crippen LogP) is 3.64. The van der Waals surface area contributed by atoms with Crippen LogP contribution in [0, 0.1) is 0 Å². The highest BCUT2D eigenvalue weighted by molar-refractivity contribution is 7.99. The molecule has 2 aromatic carbocycles. The maximum absolute atomic E-state index is 12.4. The molecule has 30 heavy (non-hydrogen) atoms. The number of nitrogens with one attached hydrogen (secondary N) is 2. The number of amides is 1. The van der Waals surface area contributed by atoms with E-state index in [2.05, 4.69) is 20.5 Å². The van der Waals surface area contributed by atoms with Crippen molar-refractivity contribution < 1.29 is 19.1 Å². The molecule has 9 heteroatoms. The van der Waals surface area contributed by atoms with Crippen LogP contribution in [0.3, 0.4) is 0 Å². The summed E-state index contributed by atoms with van der Waals surface area (Å²) in [6.45, 7) is 1.52. The van der Waals surface area contributed by atoms with Gasteiger partial charge in [0.05, 0.1) is 11.4 Å². The zero-order valence-electron chi connectivity index (χ0n) is 16.0. The fourth-order valence-electron chi connectivity index (χ4n) is 2.79. The molecular weight excluding hydrogens is 404 g/mol. The number of carbonyl (C=O) groups is 2. The van der Waals surface area contributed by atoms with Crippen molar-refractivity contribution in [2.75, 3.05) is 17.9 Å². The first-order valence-corrected chi connectivity index (χ1v) is 10.1. The quantitative estimate of drug-likeness (QED) is 0.442.